The topological polar surface area (TPSA) is 3.24 Å². The zero-order chi connectivity index (χ0) is 38.1. The van der Waals surface area contributed by atoms with Crippen LogP contribution in [0.15, 0.2) is 200 Å². The summed E-state index contributed by atoms with van der Waals surface area (Å²) in [6.45, 7) is 4.72. The number of hydrogen-bond donors (Lipinski definition) is 0. The fourth-order valence-electron chi connectivity index (χ4n) is 9.32. The molecule has 0 saturated heterocycles. The number of nitrogens with zero attached hydrogens (tertiary/aromatic N) is 1. The summed E-state index contributed by atoms with van der Waals surface area (Å²) < 4.78 is 2.65. The molecule has 1 heterocycles. The highest BCUT2D eigenvalue weighted by Gasteiger charge is 2.35. The van der Waals surface area contributed by atoms with E-state index in [1.165, 1.54) is 86.6 Å². The minimum atomic E-state index is -0.104. The first kappa shape index (κ1) is 33.6. The normalized spacial score (nSPS) is 12.9. The molecule has 0 unspecified atom stereocenters. The third-order valence-corrected chi connectivity index (χ3v) is 13.3. The molecule has 0 aliphatic heterocycles. The van der Waals surface area contributed by atoms with Crippen molar-refractivity contribution in [3.05, 3.63) is 211 Å². The monoisotopic (exact) mass is 745 g/mol. The maximum Gasteiger partial charge on any atom is 0.0465 e. The van der Waals surface area contributed by atoms with E-state index in [4.69, 9.17) is 0 Å². The Hall–Kier alpha value is -6.74. The minimum Gasteiger partial charge on any atom is -0.310 e. The molecule has 10 aromatic rings. The second-order valence-electron chi connectivity index (χ2n) is 15.7. The highest BCUT2D eigenvalue weighted by molar-refractivity contribution is 7.26. The van der Waals surface area contributed by atoms with Crippen molar-refractivity contribution in [2.75, 3.05) is 4.90 Å². The zero-order valence-corrected chi connectivity index (χ0v) is 32.7. The maximum atomic E-state index is 2.42. The molecule has 11 rings (SSSR count). The Morgan fingerprint density at radius 1 is 0.386 bits per heavy atom. The van der Waals surface area contributed by atoms with Crippen LogP contribution < -0.4 is 4.90 Å². The second-order valence-corrected chi connectivity index (χ2v) is 16.7. The molecule has 2 heteroatoms. The van der Waals surface area contributed by atoms with Crippen molar-refractivity contribution in [2.24, 2.45) is 0 Å². The van der Waals surface area contributed by atoms with E-state index in [0.717, 1.165) is 17.1 Å². The predicted octanol–water partition coefficient (Wildman–Crippen LogP) is 16.0. The quantitative estimate of drug-likeness (QED) is 0.164. The van der Waals surface area contributed by atoms with Crippen LogP contribution in [0.5, 0.6) is 0 Å². The lowest BCUT2D eigenvalue weighted by molar-refractivity contribution is 0.660. The minimum absolute atomic E-state index is 0.104. The molecule has 1 nitrogen and oxygen atoms in total. The molecule has 0 fully saturated rings. The van der Waals surface area contributed by atoms with Crippen molar-refractivity contribution in [1.82, 2.24) is 0 Å². The van der Waals surface area contributed by atoms with Gasteiger partial charge in [-0.2, -0.15) is 0 Å². The van der Waals surface area contributed by atoms with Gasteiger partial charge in [0.2, 0.25) is 0 Å². The molecule has 57 heavy (non-hydrogen) atoms. The van der Waals surface area contributed by atoms with E-state index in [0.29, 0.717) is 0 Å². The fourth-order valence-corrected chi connectivity index (χ4v) is 10.6. The first-order valence-electron chi connectivity index (χ1n) is 19.8. The summed E-state index contributed by atoms with van der Waals surface area (Å²) in [6, 6.07) is 73.7. The molecule has 9 aromatic carbocycles. The van der Waals surface area contributed by atoms with E-state index >= 15 is 0 Å². The van der Waals surface area contributed by atoms with Crippen molar-refractivity contribution in [1.29, 1.82) is 0 Å². The van der Waals surface area contributed by atoms with Gasteiger partial charge in [0.1, 0.15) is 0 Å². The lowest BCUT2D eigenvalue weighted by Gasteiger charge is -2.28. The molecule has 0 atom stereocenters. The molecule has 0 spiro atoms. The Morgan fingerprint density at radius 2 is 0.895 bits per heavy atom. The van der Waals surface area contributed by atoms with Gasteiger partial charge in [0.25, 0.3) is 0 Å². The van der Waals surface area contributed by atoms with Crippen LogP contribution in [0.1, 0.15) is 25.0 Å². The van der Waals surface area contributed by atoms with Gasteiger partial charge in [0.05, 0.1) is 0 Å². The van der Waals surface area contributed by atoms with Crippen LogP contribution in [-0.2, 0) is 5.41 Å². The van der Waals surface area contributed by atoms with E-state index in [-0.39, 0.29) is 5.41 Å². The van der Waals surface area contributed by atoms with Crippen molar-refractivity contribution in [2.45, 2.75) is 19.3 Å². The largest absolute Gasteiger partial charge is 0.310 e. The summed E-state index contributed by atoms with van der Waals surface area (Å²) in [6.07, 6.45) is 0. The molecule has 270 valence electrons. The number of hydrogen-bond acceptors (Lipinski definition) is 2. The molecular weight excluding hydrogens is 707 g/mol. The fraction of sp³-hybridized carbons (Fsp3) is 0.0545. The third-order valence-electron chi connectivity index (χ3n) is 12.1. The Morgan fingerprint density at radius 3 is 1.61 bits per heavy atom. The Bertz CT molecular complexity index is 3120. The Labute approximate surface area is 337 Å². The SMILES string of the molecule is CC1(C)c2ccccc2-c2ccc(N(c3ccc(-c4ccccc4)cc3)c3ccc(-c4c(-c5ccccc5)c5ccccc5c5sc6ccccc6c45)cc3)cc21. The number of fused-ring (bicyclic) bond motifs is 8. The van der Waals surface area contributed by atoms with Crippen molar-refractivity contribution < 1.29 is 0 Å². The number of anilines is 3. The molecule has 0 saturated carbocycles. The molecule has 1 aromatic heterocycles. The second kappa shape index (κ2) is 13.2. The van der Waals surface area contributed by atoms with Crippen molar-refractivity contribution in [3.8, 4) is 44.5 Å². The van der Waals surface area contributed by atoms with E-state index in [9.17, 15) is 0 Å². The van der Waals surface area contributed by atoms with Gasteiger partial charge < -0.3 is 4.90 Å². The van der Waals surface area contributed by atoms with Crippen LogP contribution in [-0.4, -0.2) is 0 Å². The Balaban J connectivity index is 1.11. The van der Waals surface area contributed by atoms with Gasteiger partial charge in [0.15, 0.2) is 0 Å². The first-order valence-corrected chi connectivity index (χ1v) is 20.6. The maximum absolute atomic E-state index is 2.42. The number of benzene rings is 9. The van der Waals surface area contributed by atoms with Crippen LogP contribution >= 0.6 is 11.3 Å². The van der Waals surface area contributed by atoms with Crippen LogP contribution in [0.4, 0.5) is 17.1 Å². The molecular formula is C55H39NS. The van der Waals surface area contributed by atoms with Crippen LogP contribution in [0.25, 0.3) is 75.5 Å². The number of thiophene rings is 1. The lowest BCUT2D eigenvalue weighted by Crippen LogP contribution is -2.16. The molecule has 1 aliphatic carbocycles. The molecule has 0 amide bonds. The predicted molar refractivity (Wildman–Crippen MR) is 245 cm³/mol. The van der Waals surface area contributed by atoms with E-state index in [2.05, 4.69) is 219 Å². The molecule has 0 bridgehead atoms. The van der Waals surface area contributed by atoms with Gasteiger partial charge in [-0.15, -0.1) is 11.3 Å². The lowest BCUT2D eigenvalue weighted by atomic mass is 9.82. The molecule has 0 N–H and O–H groups in total. The average molecular weight is 746 g/mol. The van der Waals surface area contributed by atoms with Gasteiger partial charge in [-0.1, -0.05) is 172 Å². The molecule has 0 radical (unpaired) electrons. The third kappa shape index (κ3) is 5.36. The van der Waals surface area contributed by atoms with E-state index in [1.807, 2.05) is 11.3 Å². The summed E-state index contributed by atoms with van der Waals surface area (Å²) in [5.74, 6) is 0. The highest BCUT2D eigenvalue weighted by Crippen LogP contribution is 2.52. The van der Waals surface area contributed by atoms with Crippen LogP contribution in [0, 0.1) is 0 Å². The Kier molecular flexibility index (Phi) is 7.77. The standard InChI is InChI=1S/C55H39NS/c1-55(2)48-23-13-11-19-43(48)44-34-33-42(35-49(44)55)56(40-29-25-37(26-30-40)36-15-5-3-6-16-36)41-31-27-39(28-32-41)52-51(38-17-7-4-8-18-38)45-20-9-10-21-46(45)54-53(52)47-22-12-14-24-50(47)57-54/h3-35H,1-2H3. The summed E-state index contributed by atoms with van der Waals surface area (Å²) in [5, 5.41) is 5.22. The van der Waals surface area contributed by atoms with Crippen LogP contribution in [0.3, 0.4) is 0 Å². The summed E-state index contributed by atoms with van der Waals surface area (Å²) in [5.41, 5.74) is 16.1. The van der Waals surface area contributed by atoms with Crippen molar-refractivity contribution in [3.63, 3.8) is 0 Å². The van der Waals surface area contributed by atoms with Gasteiger partial charge in [-0.25, -0.2) is 0 Å². The number of rotatable bonds is 6. The van der Waals surface area contributed by atoms with E-state index < -0.39 is 0 Å². The van der Waals surface area contributed by atoms with Gasteiger partial charge in [-0.05, 0) is 103 Å². The first-order chi connectivity index (χ1) is 28.0. The highest BCUT2D eigenvalue weighted by atomic mass is 32.1. The zero-order valence-electron chi connectivity index (χ0n) is 31.9. The van der Waals surface area contributed by atoms with Crippen molar-refractivity contribution >= 4 is 59.3 Å². The smallest absolute Gasteiger partial charge is 0.0465 e. The molecule has 1 aliphatic rings. The van der Waals surface area contributed by atoms with Gasteiger partial charge >= 0.3 is 0 Å². The van der Waals surface area contributed by atoms with Gasteiger partial charge in [-0.3, -0.25) is 0 Å². The van der Waals surface area contributed by atoms with E-state index in [1.54, 1.807) is 0 Å². The summed E-state index contributed by atoms with van der Waals surface area (Å²) in [7, 11) is 0. The summed E-state index contributed by atoms with van der Waals surface area (Å²) >= 11 is 1.90. The summed E-state index contributed by atoms with van der Waals surface area (Å²) in [4.78, 5) is 2.42. The average Bonchev–Trinajstić information content (AvgIpc) is 3.77. The van der Waals surface area contributed by atoms with Crippen LogP contribution in [0.2, 0.25) is 0 Å². The van der Waals surface area contributed by atoms with Gasteiger partial charge in [0, 0.05) is 48.0 Å².